The monoisotopic (exact) mass is 650 g/mol. The third-order valence-electron chi connectivity index (χ3n) is 8.87. The number of hydrogen-bond donors (Lipinski definition) is 0. The van der Waals surface area contributed by atoms with Gasteiger partial charge in [0.15, 0.2) is 0 Å². The molecule has 0 aromatic heterocycles. The summed E-state index contributed by atoms with van der Waals surface area (Å²) in [6.45, 7) is 0.803. The van der Waals surface area contributed by atoms with Crippen molar-refractivity contribution in [3.63, 3.8) is 0 Å². The van der Waals surface area contributed by atoms with Crippen molar-refractivity contribution in [3.05, 3.63) is 192 Å². The van der Waals surface area contributed by atoms with E-state index in [0.717, 1.165) is 45.3 Å². The second-order valence-electron chi connectivity index (χ2n) is 11.8. The summed E-state index contributed by atoms with van der Waals surface area (Å²) >= 11 is 0. The fraction of sp³-hybridized carbons (Fsp3) is 0.182. The Morgan fingerprint density at radius 2 is 0.653 bits per heavy atom. The van der Waals surface area contributed by atoms with Crippen LogP contribution in [0.2, 0.25) is 0 Å². The molecule has 49 heavy (non-hydrogen) atoms. The molecule has 2 atom stereocenters. The second kappa shape index (κ2) is 16.1. The molecule has 0 saturated carbocycles. The van der Waals surface area contributed by atoms with E-state index in [9.17, 15) is 0 Å². The van der Waals surface area contributed by atoms with Gasteiger partial charge < -0.3 is 23.7 Å². The number of benzene rings is 6. The minimum atomic E-state index is -0.967. The molecule has 0 radical (unpaired) electrons. The molecule has 0 fully saturated rings. The molecular formula is C44H42O5. The van der Waals surface area contributed by atoms with E-state index in [1.807, 2.05) is 97.1 Å². The zero-order chi connectivity index (χ0) is 33.8. The van der Waals surface area contributed by atoms with Crippen LogP contribution >= 0.6 is 0 Å². The van der Waals surface area contributed by atoms with Crippen molar-refractivity contribution < 1.29 is 23.7 Å². The molecule has 2 unspecified atom stereocenters. The standard InChI is InChI=1S/C44H42O5/c1-45-39-27-23-37(24-28-39)43(35-15-7-3-8-16-35,31-33-47-41-19-11-5-12-20-41)49-44(36-17-9-4-10-18-36,38-25-29-40(46-2)30-26-38)32-34-48-42-21-13-6-14-22-42/h3-30H,31-34H2,1-2H3. The van der Waals surface area contributed by atoms with Gasteiger partial charge in [-0.25, -0.2) is 0 Å². The van der Waals surface area contributed by atoms with Crippen LogP contribution in [0, 0.1) is 0 Å². The Balaban J connectivity index is 1.54. The molecule has 0 amide bonds. The maximum atomic E-state index is 7.95. The Hall–Kier alpha value is -5.52. The van der Waals surface area contributed by atoms with Gasteiger partial charge in [0.1, 0.15) is 34.2 Å². The average Bonchev–Trinajstić information content (AvgIpc) is 3.18. The Morgan fingerprint density at radius 1 is 0.347 bits per heavy atom. The first-order valence-electron chi connectivity index (χ1n) is 16.6. The molecule has 0 aliphatic rings. The minimum absolute atomic E-state index is 0.402. The summed E-state index contributed by atoms with van der Waals surface area (Å²) in [5.41, 5.74) is 2.04. The van der Waals surface area contributed by atoms with Gasteiger partial charge >= 0.3 is 0 Å². The van der Waals surface area contributed by atoms with Crippen LogP contribution in [0.3, 0.4) is 0 Å². The van der Waals surface area contributed by atoms with Crippen molar-refractivity contribution in [2.45, 2.75) is 24.0 Å². The number of ether oxygens (including phenoxy) is 5. The van der Waals surface area contributed by atoms with Crippen LogP contribution in [0.1, 0.15) is 35.1 Å². The quantitative estimate of drug-likeness (QED) is 0.104. The van der Waals surface area contributed by atoms with E-state index in [-0.39, 0.29) is 0 Å². The largest absolute Gasteiger partial charge is 0.497 e. The van der Waals surface area contributed by atoms with Gasteiger partial charge in [0.05, 0.1) is 27.4 Å². The zero-order valence-electron chi connectivity index (χ0n) is 28.0. The SMILES string of the molecule is COc1ccc(C(CCOc2ccccc2)(OC(CCOc2ccccc2)(c2ccccc2)c2ccc(OC)cc2)c2ccccc2)cc1. The van der Waals surface area contributed by atoms with Crippen molar-refractivity contribution in [1.82, 2.24) is 0 Å². The van der Waals surface area contributed by atoms with Gasteiger partial charge in [-0.05, 0) is 70.8 Å². The van der Waals surface area contributed by atoms with Gasteiger partial charge in [0.2, 0.25) is 0 Å². The van der Waals surface area contributed by atoms with Crippen LogP contribution in [-0.4, -0.2) is 27.4 Å². The van der Waals surface area contributed by atoms with Crippen molar-refractivity contribution in [2.75, 3.05) is 27.4 Å². The zero-order valence-corrected chi connectivity index (χ0v) is 28.0. The molecule has 6 rings (SSSR count). The van der Waals surface area contributed by atoms with E-state index in [1.54, 1.807) is 14.2 Å². The Bertz CT molecular complexity index is 1690. The molecule has 0 spiro atoms. The lowest BCUT2D eigenvalue weighted by Gasteiger charge is -2.46. The molecule has 0 saturated heterocycles. The van der Waals surface area contributed by atoms with E-state index in [4.69, 9.17) is 23.7 Å². The number of rotatable bonds is 16. The predicted molar refractivity (Wildman–Crippen MR) is 195 cm³/mol. The van der Waals surface area contributed by atoms with Gasteiger partial charge in [0, 0.05) is 12.8 Å². The van der Waals surface area contributed by atoms with E-state index >= 15 is 0 Å². The molecule has 0 bridgehead atoms. The highest BCUT2D eigenvalue weighted by Crippen LogP contribution is 2.49. The third-order valence-corrected chi connectivity index (χ3v) is 8.87. The third kappa shape index (κ3) is 7.80. The number of methoxy groups -OCH3 is 2. The van der Waals surface area contributed by atoms with Crippen molar-refractivity contribution in [2.24, 2.45) is 0 Å². The lowest BCUT2D eigenvalue weighted by molar-refractivity contribution is -0.140. The lowest BCUT2D eigenvalue weighted by atomic mass is 9.78. The van der Waals surface area contributed by atoms with E-state index < -0.39 is 11.2 Å². The minimum Gasteiger partial charge on any atom is -0.497 e. The van der Waals surface area contributed by atoms with Crippen LogP contribution in [0.25, 0.3) is 0 Å². The first-order valence-corrected chi connectivity index (χ1v) is 16.6. The highest BCUT2D eigenvalue weighted by molar-refractivity contribution is 5.44. The van der Waals surface area contributed by atoms with E-state index in [2.05, 4.69) is 72.8 Å². The summed E-state index contributed by atoms with van der Waals surface area (Å²) < 4.78 is 31.9. The molecule has 0 N–H and O–H groups in total. The topological polar surface area (TPSA) is 46.2 Å². The van der Waals surface area contributed by atoms with Crippen molar-refractivity contribution in [1.29, 1.82) is 0 Å². The summed E-state index contributed by atoms with van der Waals surface area (Å²) in [6.07, 6.45) is 1.03. The van der Waals surface area contributed by atoms with Crippen LogP contribution in [0.15, 0.2) is 170 Å². The van der Waals surface area contributed by atoms with Gasteiger partial charge in [-0.1, -0.05) is 121 Å². The molecule has 0 heterocycles. The van der Waals surface area contributed by atoms with Crippen LogP contribution < -0.4 is 18.9 Å². The molecular weight excluding hydrogens is 608 g/mol. The Labute approximate surface area is 289 Å². The second-order valence-corrected chi connectivity index (χ2v) is 11.8. The Morgan fingerprint density at radius 3 is 0.980 bits per heavy atom. The molecule has 248 valence electrons. The van der Waals surface area contributed by atoms with Crippen LogP contribution in [0.5, 0.6) is 23.0 Å². The van der Waals surface area contributed by atoms with Crippen LogP contribution in [0.4, 0.5) is 0 Å². The fourth-order valence-electron chi connectivity index (χ4n) is 6.34. The van der Waals surface area contributed by atoms with Gasteiger partial charge in [-0.15, -0.1) is 0 Å². The average molecular weight is 651 g/mol. The van der Waals surface area contributed by atoms with Crippen molar-refractivity contribution >= 4 is 0 Å². The van der Waals surface area contributed by atoms with E-state index in [1.165, 1.54) is 0 Å². The summed E-state index contributed by atoms with van der Waals surface area (Å²) in [4.78, 5) is 0. The summed E-state index contributed by atoms with van der Waals surface area (Å²) in [5.74, 6) is 3.15. The maximum Gasteiger partial charge on any atom is 0.123 e. The fourth-order valence-corrected chi connectivity index (χ4v) is 6.34. The number of hydrogen-bond acceptors (Lipinski definition) is 5. The predicted octanol–water partition coefficient (Wildman–Crippen LogP) is 9.85. The summed E-state index contributed by atoms with van der Waals surface area (Å²) in [5, 5.41) is 0. The Kier molecular flexibility index (Phi) is 10.9. The highest BCUT2D eigenvalue weighted by Gasteiger charge is 2.47. The van der Waals surface area contributed by atoms with Crippen molar-refractivity contribution in [3.8, 4) is 23.0 Å². The lowest BCUT2D eigenvalue weighted by Crippen LogP contribution is -2.44. The van der Waals surface area contributed by atoms with Crippen LogP contribution in [-0.2, 0) is 15.9 Å². The molecule has 0 aliphatic carbocycles. The summed E-state index contributed by atoms with van der Waals surface area (Å²) in [7, 11) is 3.36. The highest BCUT2D eigenvalue weighted by atomic mass is 16.5. The molecule has 5 nitrogen and oxygen atoms in total. The van der Waals surface area contributed by atoms with E-state index in [0.29, 0.717) is 26.1 Å². The number of para-hydroxylation sites is 2. The normalized spacial score (nSPS) is 13.4. The molecule has 6 aromatic rings. The molecule has 5 heteroatoms. The van der Waals surface area contributed by atoms with Gasteiger partial charge in [-0.2, -0.15) is 0 Å². The van der Waals surface area contributed by atoms with Gasteiger partial charge in [0.25, 0.3) is 0 Å². The maximum absolute atomic E-state index is 7.95. The van der Waals surface area contributed by atoms with Gasteiger partial charge in [-0.3, -0.25) is 0 Å². The smallest absolute Gasteiger partial charge is 0.123 e. The first kappa shape index (κ1) is 33.4. The summed E-state index contributed by atoms with van der Waals surface area (Å²) in [6, 6.07) is 57.0. The molecule has 0 aliphatic heterocycles. The first-order chi connectivity index (χ1) is 24.1. The molecule has 6 aromatic carbocycles.